The Kier molecular flexibility index (Phi) is 5.81. The second-order valence-electron chi connectivity index (χ2n) is 5.54. The molecule has 0 bridgehead atoms. The third kappa shape index (κ3) is 4.48. The van der Waals surface area contributed by atoms with E-state index >= 15 is 0 Å². The fraction of sp³-hybridized carbons (Fsp3) is 0.333. The average molecular weight is 301 g/mol. The van der Waals surface area contributed by atoms with Crippen LogP contribution in [0.4, 0.5) is 0 Å². The van der Waals surface area contributed by atoms with Crippen LogP contribution in [0.1, 0.15) is 23.6 Å². The topological polar surface area (TPSA) is 63.9 Å². The van der Waals surface area contributed by atoms with E-state index in [1.165, 1.54) is 5.56 Å². The van der Waals surface area contributed by atoms with Crippen molar-refractivity contribution in [3.8, 4) is 11.5 Å². The van der Waals surface area contributed by atoms with Gasteiger partial charge in [0.15, 0.2) is 0 Å². The van der Waals surface area contributed by atoms with Crippen molar-refractivity contribution in [3.63, 3.8) is 0 Å². The third-order valence-electron chi connectivity index (χ3n) is 3.90. The van der Waals surface area contributed by atoms with Crippen molar-refractivity contribution in [2.24, 2.45) is 0 Å². The monoisotopic (exact) mass is 301 g/mol. The average Bonchev–Trinajstić information content (AvgIpc) is 2.52. The smallest absolute Gasteiger partial charge is 0.115 e. The summed E-state index contributed by atoms with van der Waals surface area (Å²) in [6.07, 6.45) is 1.90. The van der Waals surface area contributed by atoms with Gasteiger partial charge in [0.05, 0.1) is 12.6 Å². The molecule has 4 heteroatoms. The van der Waals surface area contributed by atoms with E-state index in [0.29, 0.717) is 0 Å². The molecule has 0 aliphatic carbocycles. The highest BCUT2D eigenvalue weighted by Crippen LogP contribution is 2.21. The quantitative estimate of drug-likeness (QED) is 0.736. The summed E-state index contributed by atoms with van der Waals surface area (Å²) in [7, 11) is 1.99. The maximum atomic E-state index is 9.63. The second-order valence-corrected chi connectivity index (χ2v) is 5.54. The van der Waals surface area contributed by atoms with Crippen LogP contribution in [0.2, 0.25) is 0 Å². The zero-order valence-electron chi connectivity index (χ0n) is 12.8. The molecule has 0 heterocycles. The van der Waals surface area contributed by atoms with Crippen LogP contribution in [0.25, 0.3) is 0 Å². The SMILES string of the molecule is CN(CCCc1ccc(O)cc1)[C@@H](CO)c1ccc(O)cc1. The number of phenolic OH excluding ortho intramolecular Hbond substituents is 2. The minimum absolute atomic E-state index is 0.0421. The normalized spacial score (nSPS) is 12.5. The van der Waals surface area contributed by atoms with Gasteiger partial charge < -0.3 is 15.3 Å². The molecular formula is C18H23NO3. The van der Waals surface area contributed by atoms with E-state index in [2.05, 4.69) is 4.90 Å². The molecule has 0 spiro atoms. The Bertz CT molecular complexity index is 566. The van der Waals surface area contributed by atoms with Crippen molar-refractivity contribution in [1.29, 1.82) is 0 Å². The summed E-state index contributed by atoms with van der Waals surface area (Å²) in [6.45, 7) is 0.896. The first-order chi connectivity index (χ1) is 10.6. The number of benzene rings is 2. The Balaban J connectivity index is 1.88. The lowest BCUT2D eigenvalue weighted by Crippen LogP contribution is -2.28. The van der Waals surface area contributed by atoms with Gasteiger partial charge in [0.2, 0.25) is 0 Å². The zero-order chi connectivity index (χ0) is 15.9. The first kappa shape index (κ1) is 16.3. The van der Waals surface area contributed by atoms with Crippen LogP contribution in [-0.2, 0) is 6.42 Å². The van der Waals surface area contributed by atoms with Crippen LogP contribution < -0.4 is 0 Å². The van der Waals surface area contributed by atoms with Gasteiger partial charge in [0.25, 0.3) is 0 Å². The lowest BCUT2D eigenvalue weighted by atomic mass is 10.0. The van der Waals surface area contributed by atoms with Crippen LogP contribution >= 0.6 is 0 Å². The number of rotatable bonds is 7. The lowest BCUT2D eigenvalue weighted by molar-refractivity contribution is 0.147. The lowest BCUT2D eigenvalue weighted by Gasteiger charge is -2.27. The molecule has 0 amide bonds. The summed E-state index contributed by atoms with van der Waals surface area (Å²) < 4.78 is 0. The molecule has 1 atom stereocenters. The molecule has 0 aliphatic rings. The molecule has 4 nitrogen and oxygen atoms in total. The highest BCUT2D eigenvalue weighted by atomic mass is 16.3. The number of hydrogen-bond acceptors (Lipinski definition) is 4. The molecule has 0 unspecified atom stereocenters. The van der Waals surface area contributed by atoms with Crippen LogP contribution in [-0.4, -0.2) is 40.4 Å². The Morgan fingerprint density at radius 1 is 0.909 bits per heavy atom. The number of aromatic hydroxyl groups is 2. The number of likely N-dealkylation sites (N-methyl/N-ethyl adjacent to an activating group) is 1. The molecule has 2 aromatic carbocycles. The molecule has 0 saturated heterocycles. The molecule has 22 heavy (non-hydrogen) atoms. The van der Waals surface area contributed by atoms with Gasteiger partial charge in [-0.05, 0) is 61.8 Å². The highest BCUT2D eigenvalue weighted by molar-refractivity contribution is 5.28. The number of nitrogens with zero attached hydrogens (tertiary/aromatic N) is 1. The maximum absolute atomic E-state index is 9.63. The van der Waals surface area contributed by atoms with Crippen molar-refractivity contribution in [1.82, 2.24) is 4.90 Å². The standard InChI is InChI=1S/C18H23NO3/c1-19(12-2-3-14-4-8-16(21)9-5-14)18(13-20)15-6-10-17(22)11-7-15/h4-11,18,20-22H,2-3,12-13H2,1H3/t18-/m0/s1. The molecule has 0 saturated carbocycles. The Hall–Kier alpha value is -2.04. The number of phenols is 2. The fourth-order valence-corrected chi connectivity index (χ4v) is 2.55. The van der Waals surface area contributed by atoms with Crippen LogP contribution in [0.3, 0.4) is 0 Å². The van der Waals surface area contributed by atoms with Gasteiger partial charge in [-0.1, -0.05) is 24.3 Å². The largest absolute Gasteiger partial charge is 0.508 e. The third-order valence-corrected chi connectivity index (χ3v) is 3.90. The van der Waals surface area contributed by atoms with Gasteiger partial charge in [0, 0.05) is 0 Å². The molecule has 0 aromatic heterocycles. The van der Waals surface area contributed by atoms with E-state index in [9.17, 15) is 15.3 Å². The number of aryl methyl sites for hydroxylation is 1. The van der Waals surface area contributed by atoms with E-state index in [-0.39, 0.29) is 24.1 Å². The Morgan fingerprint density at radius 2 is 1.45 bits per heavy atom. The minimum atomic E-state index is -0.0691. The number of aliphatic hydroxyl groups excluding tert-OH is 1. The Labute approximate surface area is 131 Å². The molecule has 0 fully saturated rings. The molecule has 2 aromatic rings. The molecule has 3 N–H and O–H groups in total. The van der Waals surface area contributed by atoms with Gasteiger partial charge in [-0.2, -0.15) is 0 Å². The Morgan fingerprint density at radius 3 is 2.00 bits per heavy atom. The van der Waals surface area contributed by atoms with Crippen molar-refractivity contribution < 1.29 is 15.3 Å². The molecule has 2 rings (SSSR count). The summed E-state index contributed by atoms with van der Waals surface area (Å²) in [5.74, 6) is 0.518. The first-order valence-corrected chi connectivity index (χ1v) is 7.48. The summed E-state index contributed by atoms with van der Waals surface area (Å²) >= 11 is 0. The van der Waals surface area contributed by atoms with Gasteiger partial charge in [0.1, 0.15) is 11.5 Å². The molecule has 0 aliphatic heterocycles. The van der Waals surface area contributed by atoms with Gasteiger partial charge in [-0.3, -0.25) is 4.90 Å². The summed E-state index contributed by atoms with van der Waals surface area (Å²) in [5.41, 5.74) is 2.18. The minimum Gasteiger partial charge on any atom is -0.508 e. The number of hydrogen-bond donors (Lipinski definition) is 3. The van der Waals surface area contributed by atoms with E-state index in [4.69, 9.17) is 0 Å². The molecular weight excluding hydrogens is 278 g/mol. The molecule has 0 radical (unpaired) electrons. The molecule has 118 valence electrons. The van der Waals surface area contributed by atoms with Crippen molar-refractivity contribution in [2.75, 3.05) is 20.2 Å². The van der Waals surface area contributed by atoms with Crippen LogP contribution in [0.5, 0.6) is 11.5 Å². The van der Waals surface area contributed by atoms with Crippen LogP contribution in [0.15, 0.2) is 48.5 Å². The predicted molar refractivity (Wildman–Crippen MR) is 87.0 cm³/mol. The van der Waals surface area contributed by atoms with Crippen molar-refractivity contribution >= 4 is 0 Å². The van der Waals surface area contributed by atoms with E-state index < -0.39 is 0 Å². The van der Waals surface area contributed by atoms with E-state index in [1.807, 2.05) is 31.3 Å². The van der Waals surface area contributed by atoms with Gasteiger partial charge in [-0.25, -0.2) is 0 Å². The van der Waals surface area contributed by atoms with E-state index in [0.717, 1.165) is 24.9 Å². The second kappa shape index (κ2) is 7.82. The summed E-state index contributed by atoms with van der Waals surface area (Å²) in [5, 5.41) is 28.2. The van der Waals surface area contributed by atoms with Crippen LogP contribution in [0, 0.1) is 0 Å². The van der Waals surface area contributed by atoms with Crippen molar-refractivity contribution in [3.05, 3.63) is 59.7 Å². The van der Waals surface area contributed by atoms with Gasteiger partial charge >= 0.3 is 0 Å². The summed E-state index contributed by atoms with van der Waals surface area (Å²) in [6, 6.07) is 14.2. The summed E-state index contributed by atoms with van der Waals surface area (Å²) in [4.78, 5) is 2.12. The number of aliphatic hydroxyl groups is 1. The maximum Gasteiger partial charge on any atom is 0.115 e. The first-order valence-electron chi connectivity index (χ1n) is 7.48. The van der Waals surface area contributed by atoms with E-state index in [1.54, 1.807) is 24.3 Å². The highest BCUT2D eigenvalue weighted by Gasteiger charge is 2.15. The zero-order valence-corrected chi connectivity index (χ0v) is 12.8. The van der Waals surface area contributed by atoms with Crippen molar-refractivity contribution in [2.45, 2.75) is 18.9 Å². The van der Waals surface area contributed by atoms with Gasteiger partial charge in [-0.15, -0.1) is 0 Å². The fourth-order valence-electron chi connectivity index (χ4n) is 2.55. The predicted octanol–water partition coefficient (Wildman–Crippen LogP) is 2.70.